The number of hydrogen-bond donors (Lipinski definition) is 1. The van der Waals surface area contributed by atoms with E-state index in [4.69, 9.17) is 5.73 Å². The van der Waals surface area contributed by atoms with Crippen molar-refractivity contribution in [2.45, 2.75) is 25.7 Å². The topological polar surface area (TPSA) is 26.0 Å². The van der Waals surface area contributed by atoms with Crippen LogP contribution in [0.3, 0.4) is 0 Å². The van der Waals surface area contributed by atoms with Gasteiger partial charge in [0, 0.05) is 3.57 Å². The lowest BCUT2D eigenvalue weighted by Gasteiger charge is -2.17. The van der Waals surface area contributed by atoms with Gasteiger partial charge in [-0.15, -0.1) is 0 Å². The van der Waals surface area contributed by atoms with E-state index in [0.29, 0.717) is 0 Å². The summed E-state index contributed by atoms with van der Waals surface area (Å²) in [6, 6.07) is 8.91. The van der Waals surface area contributed by atoms with Crippen molar-refractivity contribution >= 4 is 22.6 Å². The molecule has 0 saturated heterocycles. The summed E-state index contributed by atoms with van der Waals surface area (Å²) in [5, 5.41) is 0. The van der Waals surface area contributed by atoms with Crippen molar-refractivity contribution in [2.75, 3.05) is 6.54 Å². The summed E-state index contributed by atoms with van der Waals surface area (Å²) < 4.78 is 1.32. The molecule has 1 aromatic rings. The van der Waals surface area contributed by atoms with Crippen LogP contribution in [0, 0.1) is 15.4 Å². The summed E-state index contributed by atoms with van der Waals surface area (Å²) >= 11 is 2.35. The van der Waals surface area contributed by atoms with Gasteiger partial charge >= 0.3 is 0 Å². The number of rotatable bonds is 3. The highest BCUT2D eigenvalue weighted by molar-refractivity contribution is 14.1. The third kappa shape index (κ3) is 2.94. The first-order chi connectivity index (χ1) is 7.29. The zero-order chi connectivity index (χ0) is 10.7. The van der Waals surface area contributed by atoms with Crippen LogP contribution >= 0.6 is 22.6 Å². The Hall–Kier alpha value is -0.0900. The van der Waals surface area contributed by atoms with Gasteiger partial charge in [-0.25, -0.2) is 0 Å². The summed E-state index contributed by atoms with van der Waals surface area (Å²) in [6.07, 6.45) is 5.30. The molecule has 1 saturated carbocycles. The third-order valence-corrected chi connectivity index (χ3v) is 4.25. The molecule has 2 N–H and O–H groups in total. The second-order valence-electron chi connectivity index (χ2n) is 4.52. The van der Waals surface area contributed by atoms with Crippen LogP contribution in [-0.2, 0) is 6.42 Å². The molecule has 2 rings (SSSR count). The summed E-state index contributed by atoms with van der Waals surface area (Å²) in [7, 11) is 0. The maximum atomic E-state index is 5.80. The van der Waals surface area contributed by atoms with Crippen LogP contribution < -0.4 is 5.73 Å². The maximum absolute atomic E-state index is 5.80. The van der Waals surface area contributed by atoms with Crippen molar-refractivity contribution in [2.24, 2.45) is 17.6 Å². The van der Waals surface area contributed by atoms with E-state index in [2.05, 4.69) is 46.9 Å². The molecule has 0 amide bonds. The van der Waals surface area contributed by atoms with Crippen LogP contribution in [0.4, 0.5) is 0 Å². The van der Waals surface area contributed by atoms with Gasteiger partial charge in [0.05, 0.1) is 0 Å². The minimum atomic E-state index is 0.768. The lowest BCUT2D eigenvalue weighted by molar-refractivity contribution is 0.394. The molecule has 1 nitrogen and oxygen atoms in total. The molecule has 1 aromatic carbocycles. The largest absolute Gasteiger partial charge is 0.330 e. The van der Waals surface area contributed by atoms with E-state index in [9.17, 15) is 0 Å². The lowest BCUT2D eigenvalue weighted by atomic mass is 9.90. The Labute approximate surface area is 106 Å². The van der Waals surface area contributed by atoms with Crippen molar-refractivity contribution in [1.82, 2.24) is 0 Å². The monoisotopic (exact) mass is 315 g/mol. The molecule has 1 aliphatic rings. The molecule has 1 fully saturated rings. The average Bonchev–Trinajstić information content (AvgIpc) is 2.69. The van der Waals surface area contributed by atoms with Crippen LogP contribution in [0.5, 0.6) is 0 Å². The normalized spacial score (nSPS) is 25.7. The summed E-state index contributed by atoms with van der Waals surface area (Å²) in [5.74, 6) is 1.60. The Morgan fingerprint density at radius 2 is 1.80 bits per heavy atom. The van der Waals surface area contributed by atoms with Gasteiger partial charge in [-0.05, 0) is 77.9 Å². The Morgan fingerprint density at radius 1 is 1.13 bits per heavy atom. The fourth-order valence-corrected chi connectivity index (χ4v) is 2.98. The zero-order valence-corrected chi connectivity index (χ0v) is 11.1. The second-order valence-corrected chi connectivity index (χ2v) is 5.76. The van der Waals surface area contributed by atoms with Crippen molar-refractivity contribution in [1.29, 1.82) is 0 Å². The van der Waals surface area contributed by atoms with Crippen LogP contribution in [0.25, 0.3) is 0 Å². The minimum absolute atomic E-state index is 0.768. The molecule has 2 heteroatoms. The maximum Gasteiger partial charge on any atom is 0.0130 e. The predicted octanol–water partition coefficient (Wildman–Crippen LogP) is 3.21. The lowest BCUT2D eigenvalue weighted by Crippen LogP contribution is -2.20. The summed E-state index contributed by atoms with van der Waals surface area (Å²) in [6.45, 7) is 0.870. The highest BCUT2D eigenvalue weighted by Gasteiger charge is 2.25. The molecular weight excluding hydrogens is 297 g/mol. The van der Waals surface area contributed by atoms with E-state index in [1.54, 1.807) is 0 Å². The van der Waals surface area contributed by atoms with Crippen molar-refractivity contribution < 1.29 is 0 Å². The second kappa shape index (κ2) is 5.30. The van der Waals surface area contributed by atoms with E-state index in [1.807, 2.05) is 0 Å². The SMILES string of the molecule is NCC1CCCC1Cc1ccc(I)cc1. The molecule has 0 spiro atoms. The van der Waals surface area contributed by atoms with Gasteiger partial charge in [0.2, 0.25) is 0 Å². The van der Waals surface area contributed by atoms with Crippen molar-refractivity contribution in [3.05, 3.63) is 33.4 Å². The van der Waals surface area contributed by atoms with Gasteiger partial charge in [0.25, 0.3) is 0 Å². The van der Waals surface area contributed by atoms with Crippen LogP contribution in [-0.4, -0.2) is 6.54 Å². The molecule has 2 unspecified atom stereocenters. The molecule has 1 aliphatic carbocycles. The average molecular weight is 315 g/mol. The van der Waals surface area contributed by atoms with E-state index >= 15 is 0 Å². The third-order valence-electron chi connectivity index (χ3n) is 3.53. The fourth-order valence-electron chi connectivity index (χ4n) is 2.62. The fraction of sp³-hybridized carbons (Fsp3) is 0.538. The van der Waals surface area contributed by atoms with Crippen LogP contribution in [0.1, 0.15) is 24.8 Å². The Morgan fingerprint density at radius 3 is 2.47 bits per heavy atom. The molecular formula is C13H18IN. The standard InChI is InChI=1S/C13H18IN/c14-13-6-4-10(5-7-13)8-11-2-1-3-12(11)9-15/h4-7,11-12H,1-3,8-9,15H2. The number of nitrogens with two attached hydrogens (primary N) is 1. The minimum Gasteiger partial charge on any atom is -0.330 e. The Balaban J connectivity index is 1.99. The van der Waals surface area contributed by atoms with Gasteiger partial charge in [-0.3, -0.25) is 0 Å². The first-order valence-corrected chi connectivity index (χ1v) is 6.82. The molecule has 0 radical (unpaired) electrons. The van der Waals surface area contributed by atoms with E-state index in [1.165, 1.54) is 34.8 Å². The zero-order valence-electron chi connectivity index (χ0n) is 8.95. The molecule has 0 aliphatic heterocycles. The highest BCUT2D eigenvalue weighted by atomic mass is 127. The summed E-state index contributed by atoms with van der Waals surface area (Å²) in [5.41, 5.74) is 7.27. The number of hydrogen-bond acceptors (Lipinski definition) is 1. The van der Waals surface area contributed by atoms with E-state index in [-0.39, 0.29) is 0 Å². The van der Waals surface area contributed by atoms with E-state index < -0.39 is 0 Å². The van der Waals surface area contributed by atoms with Gasteiger partial charge in [-0.2, -0.15) is 0 Å². The van der Waals surface area contributed by atoms with Gasteiger partial charge in [0.15, 0.2) is 0 Å². The van der Waals surface area contributed by atoms with Crippen molar-refractivity contribution in [3.8, 4) is 0 Å². The Bertz CT molecular complexity index is 307. The Kier molecular flexibility index (Phi) is 4.03. The van der Waals surface area contributed by atoms with E-state index in [0.717, 1.165) is 18.4 Å². The van der Waals surface area contributed by atoms with Crippen LogP contribution in [0.2, 0.25) is 0 Å². The molecule has 82 valence electrons. The van der Waals surface area contributed by atoms with Crippen molar-refractivity contribution in [3.63, 3.8) is 0 Å². The first-order valence-electron chi connectivity index (χ1n) is 5.74. The van der Waals surface area contributed by atoms with Gasteiger partial charge in [-0.1, -0.05) is 18.6 Å². The predicted molar refractivity (Wildman–Crippen MR) is 72.7 cm³/mol. The van der Waals surface area contributed by atoms with Gasteiger partial charge in [0.1, 0.15) is 0 Å². The molecule has 0 aromatic heterocycles. The summed E-state index contributed by atoms with van der Waals surface area (Å²) in [4.78, 5) is 0. The molecule has 15 heavy (non-hydrogen) atoms. The first kappa shape index (κ1) is 11.4. The van der Waals surface area contributed by atoms with Crippen LogP contribution in [0.15, 0.2) is 24.3 Å². The quantitative estimate of drug-likeness (QED) is 0.852. The molecule has 2 atom stereocenters. The number of halogens is 1. The van der Waals surface area contributed by atoms with Gasteiger partial charge < -0.3 is 5.73 Å². The highest BCUT2D eigenvalue weighted by Crippen LogP contribution is 2.33. The smallest absolute Gasteiger partial charge is 0.0130 e. The number of benzene rings is 1. The molecule has 0 heterocycles. The molecule has 0 bridgehead atoms.